The molecule has 1 aliphatic rings. The van der Waals surface area contributed by atoms with Gasteiger partial charge < -0.3 is 4.98 Å². The summed E-state index contributed by atoms with van der Waals surface area (Å²) in [7, 11) is 0. The summed E-state index contributed by atoms with van der Waals surface area (Å²) in [5.41, 5.74) is 4.34. The summed E-state index contributed by atoms with van der Waals surface area (Å²) in [4.78, 5) is 9.67. The molecule has 0 aliphatic carbocycles. The van der Waals surface area contributed by atoms with Gasteiger partial charge in [-0.15, -0.1) is 0 Å². The summed E-state index contributed by atoms with van der Waals surface area (Å²) in [6.45, 7) is 2.54. The number of alkyl halides is 3. The summed E-state index contributed by atoms with van der Waals surface area (Å²) < 4.78 is 38.7. The first-order valence-electron chi connectivity index (χ1n) is 9.00. The summed E-state index contributed by atoms with van der Waals surface area (Å²) in [6.07, 6.45) is 1.14. The number of H-pyrrole nitrogens is 1. The monoisotopic (exact) mass is 371 g/mol. The third kappa shape index (κ3) is 4.06. The van der Waals surface area contributed by atoms with Gasteiger partial charge >= 0.3 is 6.18 Å². The van der Waals surface area contributed by atoms with Gasteiger partial charge in [-0.25, -0.2) is 4.98 Å². The topological polar surface area (TPSA) is 31.9 Å². The molecule has 0 atom stereocenters. The van der Waals surface area contributed by atoms with Gasteiger partial charge in [0.15, 0.2) is 0 Å². The molecule has 4 rings (SSSR count). The molecular formula is C21H20F3N3. The Balaban J connectivity index is 1.38. The third-order valence-corrected chi connectivity index (χ3v) is 5.06. The zero-order valence-corrected chi connectivity index (χ0v) is 14.8. The lowest BCUT2D eigenvalue weighted by Crippen LogP contribution is -2.30. The first-order valence-corrected chi connectivity index (χ1v) is 9.00. The van der Waals surface area contributed by atoms with Gasteiger partial charge in [-0.2, -0.15) is 13.2 Å². The van der Waals surface area contributed by atoms with E-state index in [1.807, 2.05) is 6.07 Å². The number of nitrogens with zero attached hydrogens (tertiary/aromatic N) is 2. The number of hydrogen-bond donors (Lipinski definition) is 1. The first kappa shape index (κ1) is 17.8. The molecule has 2 heterocycles. The van der Waals surface area contributed by atoms with Gasteiger partial charge in [-0.3, -0.25) is 4.90 Å². The van der Waals surface area contributed by atoms with Crippen LogP contribution < -0.4 is 0 Å². The zero-order chi connectivity index (χ0) is 18.9. The van der Waals surface area contributed by atoms with Gasteiger partial charge in [0.2, 0.25) is 0 Å². The molecule has 1 aromatic heterocycles. The molecule has 0 bridgehead atoms. The lowest BCUT2D eigenvalue weighted by atomic mass is 9.97. The Hall–Kier alpha value is -2.60. The second-order valence-electron chi connectivity index (χ2n) is 6.86. The van der Waals surface area contributed by atoms with Gasteiger partial charge in [-0.1, -0.05) is 24.3 Å². The summed E-state index contributed by atoms with van der Waals surface area (Å²) in [5.74, 6) is 0. The second-order valence-corrected chi connectivity index (χ2v) is 6.86. The predicted octanol–water partition coefficient (Wildman–Crippen LogP) is 4.91. The highest BCUT2D eigenvalue weighted by molar-refractivity contribution is 5.75. The lowest BCUT2D eigenvalue weighted by Gasteiger charge is -2.26. The van der Waals surface area contributed by atoms with Gasteiger partial charge in [-0.05, 0) is 53.8 Å². The highest BCUT2D eigenvalue weighted by atomic mass is 19.4. The van der Waals surface area contributed by atoms with E-state index >= 15 is 0 Å². The Kier molecular flexibility index (Phi) is 4.74. The van der Waals surface area contributed by atoms with Crippen LogP contribution in [0.3, 0.4) is 0 Å². The molecule has 3 aromatic rings. The van der Waals surface area contributed by atoms with Crippen molar-refractivity contribution in [2.45, 2.75) is 19.0 Å². The zero-order valence-electron chi connectivity index (χ0n) is 14.8. The molecule has 0 fully saturated rings. The number of nitrogens with one attached hydrogen (secondary N) is 1. The molecule has 0 spiro atoms. The number of hydrogen-bond acceptors (Lipinski definition) is 2. The molecule has 1 aliphatic heterocycles. The van der Waals surface area contributed by atoms with Crippen LogP contribution in [0.1, 0.15) is 23.1 Å². The SMILES string of the molecule is FC(F)(F)c1cccc(C2=CCN(CCc3ccc4nc[nH]c4c3)CC2)c1. The van der Waals surface area contributed by atoms with E-state index in [1.165, 1.54) is 17.7 Å². The van der Waals surface area contributed by atoms with E-state index < -0.39 is 11.7 Å². The lowest BCUT2D eigenvalue weighted by molar-refractivity contribution is -0.137. The minimum atomic E-state index is -4.30. The van der Waals surface area contributed by atoms with Crippen molar-refractivity contribution in [1.29, 1.82) is 0 Å². The van der Waals surface area contributed by atoms with E-state index in [9.17, 15) is 13.2 Å². The average molecular weight is 371 g/mol. The van der Waals surface area contributed by atoms with Crippen molar-refractivity contribution >= 4 is 16.6 Å². The largest absolute Gasteiger partial charge is 0.416 e. The minimum Gasteiger partial charge on any atom is -0.345 e. The van der Waals surface area contributed by atoms with Crippen LogP contribution in [-0.2, 0) is 12.6 Å². The molecule has 6 heteroatoms. The van der Waals surface area contributed by atoms with E-state index in [-0.39, 0.29) is 0 Å². The summed E-state index contributed by atoms with van der Waals surface area (Å²) in [6, 6.07) is 11.8. The van der Waals surface area contributed by atoms with Crippen molar-refractivity contribution in [2.75, 3.05) is 19.6 Å². The fourth-order valence-corrected chi connectivity index (χ4v) is 3.50. The Labute approximate surface area is 155 Å². The van der Waals surface area contributed by atoms with Crippen LogP contribution in [0.2, 0.25) is 0 Å². The van der Waals surface area contributed by atoms with Gasteiger partial charge in [0.25, 0.3) is 0 Å². The standard InChI is InChI=1S/C21H20F3N3/c22-21(23,24)18-3-1-2-17(13-18)16-7-10-27(11-8-16)9-6-15-4-5-19-20(12-15)26-14-25-19/h1-5,7,12-14H,6,8-11H2,(H,25,26). The maximum absolute atomic E-state index is 12.9. The fraction of sp³-hybridized carbons (Fsp3) is 0.286. The highest BCUT2D eigenvalue weighted by Crippen LogP contribution is 2.32. The van der Waals surface area contributed by atoms with Crippen molar-refractivity contribution in [1.82, 2.24) is 14.9 Å². The first-order chi connectivity index (χ1) is 13.0. The van der Waals surface area contributed by atoms with E-state index in [0.717, 1.165) is 55.1 Å². The van der Waals surface area contributed by atoms with Crippen LogP contribution in [0.4, 0.5) is 13.2 Å². The van der Waals surface area contributed by atoms with Gasteiger partial charge in [0.1, 0.15) is 0 Å². The van der Waals surface area contributed by atoms with Crippen molar-refractivity contribution in [3.8, 4) is 0 Å². The molecule has 0 amide bonds. The van der Waals surface area contributed by atoms with Crippen LogP contribution in [0.15, 0.2) is 54.9 Å². The molecule has 27 heavy (non-hydrogen) atoms. The molecule has 140 valence electrons. The maximum Gasteiger partial charge on any atom is 0.416 e. The third-order valence-electron chi connectivity index (χ3n) is 5.06. The number of rotatable bonds is 4. The molecule has 3 nitrogen and oxygen atoms in total. The van der Waals surface area contributed by atoms with Crippen molar-refractivity contribution in [2.24, 2.45) is 0 Å². The molecule has 0 radical (unpaired) electrons. The van der Waals surface area contributed by atoms with Crippen LogP contribution in [0.25, 0.3) is 16.6 Å². The van der Waals surface area contributed by atoms with Crippen LogP contribution in [-0.4, -0.2) is 34.5 Å². The Bertz CT molecular complexity index is 972. The van der Waals surface area contributed by atoms with Gasteiger partial charge in [0, 0.05) is 19.6 Å². The molecule has 0 saturated heterocycles. The number of fused-ring (bicyclic) bond motifs is 1. The number of aromatic amines is 1. The van der Waals surface area contributed by atoms with Crippen LogP contribution >= 0.6 is 0 Å². The number of benzene rings is 2. The van der Waals surface area contributed by atoms with Crippen molar-refractivity contribution in [3.63, 3.8) is 0 Å². The fourth-order valence-electron chi connectivity index (χ4n) is 3.50. The molecule has 0 unspecified atom stereocenters. The average Bonchev–Trinajstić information content (AvgIpc) is 3.14. The Morgan fingerprint density at radius 3 is 2.78 bits per heavy atom. The molecule has 1 N–H and O–H groups in total. The predicted molar refractivity (Wildman–Crippen MR) is 100 cm³/mol. The minimum absolute atomic E-state index is 0.586. The Morgan fingerprint density at radius 1 is 1.11 bits per heavy atom. The number of halogens is 3. The molecular weight excluding hydrogens is 351 g/mol. The normalized spacial score (nSPS) is 15.9. The number of aromatic nitrogens is 2. The van der Waals surface area contributed by atoms with E-state index in [0.29, 0.717) is 5.56 Å². The van der Waals surface area contributed by atoms with Crippen molar-refractivity contribution < 1.29 is 13.2 Å². The van der Waals surface area contributed by atoms with E-state index in [4.69, 9.17) is 0 Å². The van der Waals surface area contributed by atoms with Crippen LogP contribution in [0, 0.1) is 0 Å². The second kappa shape index (κ2) is 7.19. The smallest absolute Gasteiger partial charge is 0.345 e. The Morgan fingerprint density at radius 2 is 2.00 bits per heavy atom. The highest BCUT2D eigenvalue weighted by Gasteiger charge is 2.30. The number of imidazole rings is 1. The summed E-state index contributed by atoms with van der Waals surface area (Å²) in [5, 5.41) is 0. The molecule has 2 aromatic carbocycles. The van der Waals surface area contributed by atoms with Crippen molar-refractivity contribution in [3.05, 3.63) is 71.6 Å². The summed E-state index contributed by atoms with van der Waals surface area (Å²) >= 11 is 0. The van der Waals surface area contributed by atoms with E-state index in [1.54, 1.807) is 12.4 Å². The van der Waals surface area contributed by atoms with E-state index in [2.05, 4.69) is 33.1 Å². The quantitative estimate of drug-likeness (QED) is 0.706. The molecule has 0 saturated carbocycles. The van der Waals surface area contributed by atoms with Crippen LogP contribution in [0.5, 0.6) is 0 Å². The maximum atomic E-state index is 12.9. The van der Waals surface area contributed by atoms with Gasteiger partial charge in [0.05, 0.1) is 22.9 Å².